The monoisotopic (exact) mass is 240 g/mol. The molecule has 1 atom stereocenters. The van der Waals surface area contributed by atoms with E-state index in [1.54, 1.807) is 12.4 Å². The van der Waals surface area contributed by atoms with Crippen molar-refractivity contribution in [3.8, 4) is 6.07 Å². The molecule has 1 aromatic carbocycles. The summed E-state index contributed by atoms with van der Waals surface area (Å²) in [6.45, 7) is 4.10. The minimum absolute atomic E-state index is 0.0916. The van der Waals surface area contributed by atoms with E-state index in [9.17, 15) is 0 Å². The van der Waals surface area contributed by atoms with E-state index in [2.05, 4.69) is 28.3 Å². The maximum atomic E-state index is 9.11. The van der Waals surface area contributed by atoms with Crippen molar-refractivity contribution >= 4 is 5.69 Å². The van der Waals surface area contributed by atoms with Gasteiger partial charge >= 0.3 is 0 Å². The van der Waals surface area contributed by atoms with Crippen LogP contribution in [-0.4, -0.2) is 9.97 Å². The summed E-state index contributed by atoms with van der Waals surface area (Å²) in [4.78, 5) is 7.36. The van der Waals surface area contributed by atoms with Gasteiger partial charge < -0.3 is 10.3 Å². The van der Waals surface area contributed by atoms with E-state index in [0.29, 0.717) is 5.56 Å². The molecule has 2 rings (SSSR count). The molecule has 0 saturated carbocycles. The predicted octanol–water partition coefficient (Wildman–Crippen LogP) is 3.15. The second-order valence-electron chi connectivity index (χ2n) is 4.24. The summed E-state index contributed by atoms with van der Waals surface area (Å²) in [5.74, 6) is 0.892. The van der Waals surface area contributed by atoms with Gasteiger partial charge in [-0.25, -0.2) is 4.98 Å². The number of nitrogens with zero attached hydrogens (tertiary/aromatic N) is 2. The first kappa shape index (κ1) is 12.2. The quantitative estimate of drug-likeness (QED) is 0.862. The number of hydrogen-bond acceptors (Lipinski definition) is 3. The molecule has 2 N–H and O–H groups in total. The lowest BCUT2D eigenvalue weighted by Gasteiger charge is -2.17. The Morgan fingerprint density at radius 1 is 1.50 bits per heavy atom. The Labute approximate surface area is 107 Å². The summed E-state index contributed by atoms with van der Waals surface area (Å²) in [5, 5.41) is 12.5. The lowest BCUT2D eigenvalue weighted by molar-refractivity contribution is 0.703. The van der Waals surface area contributed by atoms with Crippen molar-refractivity contribution in [2.75, 3.05) is 5.32 Å². The zero-order valence-electron chi connectivity index (χ0n) is 10.6. The number of hydrogen-bond donors (Lipinski definition) is 2. The molecule has 0 radical (unpaired) electrons. The van der Waals surface area contributed by atoms with E-state index in [-0.39, 0.29) is 6.04 Å². The molecule has 0 aliphatic heterocycles. The molecule has 0 amide bonds. The van der Waals surface area contributed by atoms with Gasteiger partial charge in [0.1, 0.15) is 11.9 Å². The van der Waals surface area contributed by atoms with Crippen LogP contribution in [-0.2, 0) is 0 Å². The average molecular weight is 240 g/mol. The maximum absolute atomic E-state index is 9.11. The summed E-state index contributed by atoms with van der Waals surface area (Å²) >= 11 is 0. The second-order valence-corrected chi connectivity index (χ2v) is 4.24. The Balaban J connectivity index is 2.27. The molecular weight excluding hydrogens is 224 g/mol. The highest BCUT2D eigenvalue weighted by atomic mass is 15.0. The van der Waals surface area contributed by atoms with Crippen LogP contribution in [0.3, 0.4) is 0 Å². The van der Waals surface area contributed by atoms with Crippen molar-refractivity contribution in [3.05, 3.63) is 47.5 Å². The van der Waals surface area contributed by atoms with Crippen molar-refractivity contribution in [1.29, 1.82) is 5.26 Å². The Bertz CT molecular complexity index is 552. The standard InChI is InChI=1S/C14H16N4/c1-3-12(14-16-6-7-17-14)18-13-8-10(2)4-5-11(13)9-15/h4-8,12,18H,3H2,1-2H3,(H,16,17). The van der Waals surface area contributed by atoms with E-state index in [0.717, 1.165) is 23.5 Å². The van der Waals surface area contributed by atoms with Gasteiger partial charge in [0.25, 0.3) is 0 Å². The maximum Gasteiger partial charge on any atom is 0.128 e. The number of H-pyrrole nitrogens is 1. The third kappa shape index (κ3) is 2.51. The minimum atomic E-state index is 0.0916. The zero-order valence-corrected chi connectivity index (χ0v) is 10.6. The van der Waals surface area contributed by atoms with Crippen LogP contribution in [0.1, 0.15) is 36.3 Å². The third-order valence-electron chi connectivity index (χ3n) is 2.88. The number of benzene rings is 1. The number of nitrogens with one attached hydrogen (secondary N) is 2. The van der Waals surface area contributed by atoms with Crippen LogP contribution in [0.15, 0.2) is 30.6 Å². The largest absolute Gasteiger partial charge is 0.374 e. The van der Waals surface area contributed by atoms with Gasteiger partial charge in [-0.15, -0.1) is 0 Å². The normalized spacial score (nSPS) is 11.8. The van der Waals surface area contributed by atoms with Crippen molar-refractivity contribution in [1.82, 2.24) is 9.97 Å². The number of aromatic amines is 1. The van der Waals surface area contributed by atoms with Gasteiger partial charge in [-0.3, -0.25) is 0 Å². The molecule has 0 fully saturated rings. The molecule has 4 heteroatoms. The summed E-state index contributed by atoms with van der Waals surface area (Å²) < 4.78 is 0. The molecule has 92 valence electrons. The molecule has 0 saturated heterocycles. The Hall–Kier alpha value is -2.28. The Morgan fingerprint density at radius 2 is 2.33 bits per heavy atom. The molecule has 0 spiro atoms. The van der Waals surface area contributed by atoms with E-state index in [1.165, 1.54) is 0 Å². The van der Waals surface area contributed by atoms with Crippen LogP contribution >= 0.6 is 0 Å². The first-order valence-electron chi connectivity index (χ1n) is 6.01. The van der Waals surface area contributed by atoms with Crippen LogP contribution in [0.2, 0.25) is 0 Å². The van der Waals surface area contributed by atoms with Crippen LogP contribution < -0.4 is 5.32 Å². The van der Waals surface area contributed by atoms with Crippen molar-refractivity contribution < 1.29 is 0 Å². The first-order chi connectivity index (χ1) is 8.74. The Morgan fingerprint density at radius 3 is 2.94 bits per heavy atom. The molecule has 4 nitrogen and oxygen atoms in total. The second kappa shape index (κ2) is 5.37. The van der Waals surface area contributed by atoms with Gasteiger partial charge in [-0.05, 0) is 31.0 Å². The highest BCUT2D eigenvalue weighted by Crippen LogP contribution is 2.23. The summed E-state index contributed by atoms with van der Waals surface area (Å²) in [5.41, 5.74) is 2.65. The summed E-state index contributed by atoms with van der Waals surface area (Å²) in [6.07, 6.45) is 4.44. The fraction of sp³-hybridized carbons (Fsp3) is 0.286. The van der Waals surface area contributed by atoms with Crippen molar-refractivity contribution in [2.24, 2.45) is 0 Å². The van der Waals surface area contributed by atoms with Gasteiger partial charge in [0.15, 0.2) is 0 Å². The molecule has 1 heterocycles. The Kier molecular flexibility index (Phi) is 3.63. The molecular formula is C14H16N4. The number of aryl methyl sites for hydroxylation is 1. The van der Waals surface area contributed by atoms with Crippen LogP contribution in [0, 0.1) is 18.3 Å². The van der Waals surface area contributed by atoms with E-state index < -0.39 is 0 Å². The van der Waals surface area contributed by atoms with Crippen molar-refractivity contribution in [2.45, 2.75) is 26.3 Å². The lowest BCUT2D eigenvalue weighted by Crippen LogP contribution is -2.12. The highest BCUT2D eigenvalue weighted by Gasteiger charge is 2.13. The number of nitriles is 1. The third-order valence-corrected chi connectivity index (χ3v) is 2.88. The minimum Gasteiger partial charge on any atom is -0.374 e. The van der Waals surface area contributed by atoms with Crippen LogP contribution in [0.25, 0.3) is 0 Å². The van der Waals surface area contributed by atoms with Crippen molar-refractivity contribution in [3.63, 3.8) is 0 Å². The number of anilines is 1. The summed E-state index contributed by atoms with van der Waals surface area (Å²) in [7, 11) is 0. The zero-order chi connectivity index (χ0) is 13.0. The molecule has 18 heavy (non-hydrogen) atoms. The fourth-order valence-electron chi connectivity index (χ4n) is 1.89. The first-order valence-corrected chi connectivity index (χ1v) is 6.01. The van der Waals surface area contributed by atoms with Crippen LogP contribution in [0.5, 0.6) is 0 Å². The molecule has 0 bridgehead atoms. The van der Waals surface area contributed by atoms with Gasteiger partial charge in [-0.2, -0.15) is 5.26 Å². The molecule has 1 aromatic heterocycles. The number of aromatic nitrogens is 2. The molecule has 0 aliphatic rings. The molecule has 1 unspecified atom stereocenters. The molecule has 0 aliphatic carbocycles. The summed E-state index contributed by atoms with van der Waals surface area (Å²) in [6, 6.07) is 8.07. The lowest BCUT2D eigenvalue weighted by atomic mass is 10.1. The topological polar surface area (TPSA) is 64.5 Å². The number of rotatable bonds is 4. The van der Waals surface area contributed by atoms with Crippen LogP contribution in [0.4, 0.5) is 5.69 Å². The predicted molar refractivity (Wildman–Crippen MR) is 71.1 cm³/mol. The smallest absolute Gasteiger partial charge is 0.128 e. The highest BCUT2D eigenvalue weighted by molar-refractivity contribution is 5.59. The van der Waals surface area contributed by atoms with E-state index in [4.69, 9.17) is 5.26 Å². The number of imidazole rings is 1. The SMILES string of the molecule is CCC(Nc1cc(C)ccc1C#N)c1ncc[nH]1. The molecule has 2 aromatic rings. The van der Waals surface area contributed by atoms with E-state index >= 15 is 0 Å². The average Bonchev–Trinajstić information content (AvgIpc) is 2.90. The fourth-order valence-corrected chi connectivity index (χ4v) is 1.89. The van der Waals surface area contributed by atoms with E-state index in [1.807, 2.05) is 25.1 Å². The van der Waals surface area contributed by atoms with Gasteiger partial charge in [0.2, 0.25) is 0 Å². The van der Waals surface area contributed by atoms with Gasteiger partial charge in [0.05, 0.1) is 17.3 Å². The van der Waals surface area contributed by atoms with Gasteiger partial charge in [-0.1, -0.05) is 13.0 Å². The van der Waals surface area contributed by atoms with Gasteiger partial charge in [0, 0.05) is 12.4 Å².